The van der Waals surface area contributed by atoms with Crippen LogP contribution in [0.3, 0.4) is 0 Å². The summed E-state index contributed by atoms with van der Waals surface area (Å²) in [7, 11) is 0. The molecule has 5 heteroatoms. The van der Waals surface area contributed by atoms with E-state index in [0.29, 0.717) is 26.1 Å². The Balaban J connectivity index is 2.09. The lowest BCUT2D eigenvalue weighted by Gasteiger charge is -2.37. The average molecular weight is 292 g/mol. The number of morpholine rings is 1. The fourth-order valence-corrected chi connectivity index (χ4v) is 2.75. The van der Waals surface area contributed by atoms with Crippen molar-refractivity contribution in [1.82, 2.24) is 4.90 Å². The Kier molecular flexibility index (Phi) is 4.85. The molecule has 0 aromatic heterocycles. The highest BCUT2D eigenvalue weighted by molar-refractivity contribution is 5.85. The lowest BCUT2D eigenvalue weighted by atomic mass is 9.95. The number of carbonyl (C=O) groups is 1. The van der Waals surface area contributed by atoms with Crippen molar-refractivity contribution >= 4 is 5.91 Å². The van der Waals surface area contributed by atoms with Gasteiger partial charge < -0.3 is 20.5 Å². The molecule has 2 rings (SSSR count). The maximum absolute atomic E-state index is 12.5. The van der Waals surface area contributed by atoms with E-state index in [1.807, 2.05) is 13.0 Å². The molecule has 3 N–H and O–H groups in total. The Morgan fingerprint density at radius 1 is 1.57 bits per heavy atom. The molecule has 1 aromatic rings. The highest BCUT2D eigenvalue weighted by Crippen LogP contribution is 2.26. The topological polar surface area (TPSA) is 75.8 Å². The van der Waals surface area contributed by atoms with Crippen molar-refractivity contribution in [2.45, 2.75) is 38.3 Å². The van der Waals surface area contributed by atoms with E-state index in [9.17, 15) is 9.90 Å². The molecule has 0 aliphatic carbocycles. The monoisotopic (exact) mass is 292 g/mol. The van der Waals surface area contributed by atoms with Crippen molar-refractivity contribution in [2.24, 2.45) is 5.73 Å². The molecule has 21 heavy (non-hydrogen) atoms. The molecular formula is C16H24N2O3. The third kappa shape index (κ3) is 3.74. The number of ether oxygens (including phenoxy) is 1. The van der Waals surface area contributed by atoms with E-state index < -0.39 is 5.54 Å². The van der Waals surface area contributed by atoms with Crippen LogP contribution in [0.25, 0.3) is 0 Å². The van der Waals surface area contributed by atoms with Gasteiger partial charge in [-0.05, 0) is 31.0 Å². The van der Waals surface area contributed by atoms with E-state index in [1.165, 1.54) is 0 Å². The van der Waals surface area contributed by atoms with Crippen LogP contribution in [-0.2, 0) is 9.53 Å². The normalized spacial score (nSPS) is 21.9. The minimum Gasteiger partial charge on any atom is -0.508 e. The van der Waals surface area contributed by atoms with Gasteiger partial charge in [0.1, 0.15) is 11.9 Å². The first-order valence-corrected chi connectivity index (χ1v) is 7.43. The molecule has 1 aliphatic rings. The van der Waals surface area contributed by atoms with Gasteiger partial charge in [0.15, 0.2) is 0 Å². The number of nitrogens with two attached hydrogens (primary N) is 1. The highest BCUT2D eigenvalue weighted by atomic mass is 16.5. The van der Waals surface area contributed by atoms with Gasteiger partial charge in [0.25, 0.3) is 0 Å². The third-order valence-electron chi connectivity index (χ3n) is 3.85. The summed E-state index contributed by atoms with van der Waals surface area (Å²) in [4.78, 5) is 14.3. The molecule has 5 nitrogen and oxygen atoms in total. The second-order valence-electron chi connectivity index (χ2n) is 5.87. The quantitative estimate of drug-likeness (QED) is 0.887. The van der Waals surface area contributed by atoms with E-state index in [4.69, 9.17) is 10.5 Å². The molecule has 0 saturated carbocycles. The van der Waals surface area contributed by atoms with Gasteiger partial charge in [-0.1, -0.05) is 25.5 Å². The van der Waals surface area contributed by atoms with Crippen LogP contribution < -0.4 is 5.73 Å². The summed E-state index contributed by atoms with van der Waals surface area (Å²) in [5.74, 6) is 0.173. The SMILES string of the molecule is CCCC(C)(N)C(=O)N1CCOC(c2cccc(O)c2)C1. The van der Waals surface area contributed by atoms with Gasteiger partial charge in [0.2, 0.25) is 5.91 Å². The molecular weight excluding hydrogens is 268 g/mol. The number of hydrogen-bond acceptors (Lipinski definition) is 4. The summed E-state index contributed by atoms with van der Waals surface area (Å²) in [6, 6.07) is 6.96. The van der Waals surface area contributed by atoms with E-state index in [-0.39, 0.29) is 17.8 Å². The summed E-state index contributed by atoms with van der Waals surface area (Å²) < 4.78 is 5.73. The number of hydrogen-bond donors (Lipinski definition) is 2. The largest absolute Gasteiger partial charge is 0.508 e. The zero-order chi connectivity index (χ0) is 15.5. The smallest absolute Gasteiger partial charge is 0.242 e. The molecule has 0 spiro atoms. The van der Waals surface area contributed by atoms with Crippen molar-refractivity contribution in [3.8, 4) is 5.75 Å². The van der Waals surface area contributed by atoms with Crippen LogP contribution in [-0.4, -0.2) is 41.1 Å². The maximum Gasteiger partial charge on any atom is 0.242 e. The predicted molar refractivity (Wildman–Crippen MR) is 80.9 cm³/mol. The molecule has 0 bridgehead atoms. The lowest BCUT2D eigenvalue weighted by Crippen LogP contribution is -2.56. The summed E-state index contributed by atoms with van der Waals surface area (Å²) in [6.45, 7) is 5.32. The first kappa shape index (κ1) is 15.8. The standard InChI is InChI=1S/C16H24N2O3/c1-3-7-16(2,17)15(20)18-8-9-21-14(11-18)12-5-4-6-13(19)10-12/h4-6,10,14,19H,3,7-9,11,17H2,1-2H3. The maximum atomic E-state index is 12.5. The molecule has 116 valence electrons. The number of aromatic hydroxyl groups is 1. The summed E-state index contributed by atoms with van der Waals surface area (Å²) in [5.41, 5.74) is 6.19. The minimum absolute atomic E-state index is 0.0298. The zero-order valence-corrected chi connectivity index (χ0v) is 12.7. The van der Waals surface area contributed by atoms with E-state index in [0.717, 1.165) is 12.0 Å². The Hall–Kier alpha value is -1.59. The summed E-state index contributed by atoms with van der Waals surface area (Å²) >= 11 is 0. The number of amides is 1. The fourth-order valence-electron chi connectivity index (χ4n) is 2.75. The number of benzene rings is 1. The van der Waals surface area contributed by atoms with E-state index >= 15 is 0 Å². The fraction of sp³-hybridized carbons (Fsp3) is 0.562. The highest BCUT2D eigenvalue weighted by Gasteiger charge is 2.35. The van der Waals surface area contributed by atoms with Gasteiger partial charge >= 0.3 is 0 Å². The van der Waals surface area contributed by atoms with Gasteiger partial charge in [-0.2, -0.15) is 0 Å². The van der Waals surface area contributed by atoms with E-state index in [1.54, 1.807) is 30.0 Å². The van der Waals surface area contributed by atoms with Crippen LogP contribution in [0.1, 0.15) is 38.4 Å². The molecule has 1 heterocycles. The first-order valence-electron chi connectivity index (χ1n) is 7.43. The molecule has 1 aromatic carbocycles. The second-order valence-corrected chi connectivity index (χ2v) is 5.87. The molecule has 2 unspecified atom stereocenters. The predicted octanol–water partition coefficient (Wildman–Crippen LogP) is 1.81. The molecule has 1 saturated heterocycles. The van der Waals surface area contributed by atoms with Crippen LogP contribution >= 0.6 is 0 Å². The van der Waals surface area contributed by atoms with Crippen LogP contribution in [0.5, 0.6) is 5.75 Å². The molecule has 0 radical (unpaired) electrons. The second kappa shape index (κ2) is 6.45. The first-order chi connectivity index (χ1) is 9.94. The number of phenols is 1. The number of carbonyl (C=O) groups excluding carboxylic acids is 1. The van der Waals surface area contributed by atoms with Crippen LogP contribution in [0.2, 0.25) is 0 Å². The molecule has 1 fully saturated rings. The van der Waals surface area contributed by atoms with E-state index in [2.05, 4.69) is 0 Å². The minimum atomic E-state index is -0.824. The van der Waals surface area contributed by atoms with Crippen LogP contribution in [0.4, 0.5) is 0 Å². The number of rotatable bonds is 4. The Bertz CT molecular complexity index is 502. The molecule has 2 atom stereocenters. The Morgan fingerprint density at radius 3 is 3.00 bits per heavy atom. The summed E-state index contributed by atoms with van der Waals surface area (Å²) in [5, 5.41) is 9.56. The number of phenolic OH excluding ortho intramolecular Hbond substituents is 1. The molecule has 1 aliphatic heterocycles. The summed E-state index contributed by atoms with van der Waals surface area (Å²) in [6.07, 6.45) is 1.33. The van der Waals surface area contributed by atoms with Crippen molar-refractivity contribution in [2.75, 3.05) is 19.7 Å². The van der Waals surface area contributed by atoms with Gasteiger partial charge in [0.05, 0.1) is 18.7 Å². The number of nitrogens with zero attached hydrogens (tertiary/aromatic N) is 1. The van der Waals surface area contributed by atoms with Crippen molar-refractivity contribution < 1.29 is 14.6 Å². The van der Waals surface area contributed by atoms with Gasteiger partial charge in [-0.3, -0.25) is 4.79 Å². The van der Waals surface area contributed by atoms with Crippen molar-refractivity contribution in [1.29, 1.82) is 0 Å². The van der Waals surface area contributed by atoms with Gasteiger partial charge in [-0.15, -0.1) is 0 Å². The lowest BCUT2D eigenvalue weighted by molar-refractivity contribution is -0.144. The van der Waals surface area contributed by atoms with Crippen LogP contribution in [0.15, 0.2) is 24.3 Å². The zero-order valence-electron chi connectivity index (χ0n) is 12.7. The Morgan fingerprint density at radius 2 is 2.33 bits per heavy atom. The Labute approximate surface area is 125 Å². The van der Waals surface area contributed by atoms with Crippen molar-refractivity contribution in [3.05, 3.63) is 29.8 Å². The molecule has 1 amide bonds. The third-order valence-corrected chi connectivity index (χ3v) is 3.85. The van der Waals surface area contributed by atoms with Crippen molar-refractivity contribution in [3.63, 3.8) is 0 Å². The van der Waals surface area contributed by atoms with Gasteiger partial charge in [0, 0.05) is 6.54 Å². The van der Waals surface area contributed by atoms with Crippen LogP contribution in [0, 0.1) is 0 Å². The van der Waals surface area contributed by atoms with Gasteiger partial charge in [-0.25, -0.2) is 0 Å². The average Bonchev–Trinajstić information content (AvgIpc) is 2.46.